The number of aromatic nitrogens is 1. The van der Waals surface area contributed by atoms with E-state index in [2.05, 4.69) is 15.6 Å². The molecule has 20 heavy (non-hydrogen) atoms. The Morgan fingerprint density at radius 1 is 1.35 bits per heavy atom. The van der Waals surface area contributed by atoms with Crippen LogP contribution in [-0.4, -0.2) is 34.7 Å². The number of rotatable bonds is 5. The fourth-order valence-corrected chi connectivity index (χ4v) is 1.68. The number of nitrogens with one attached hydrogen (secondary N) is 2. The van der Waals surface area contributed by atoms with Gasteiger partial charge in [0.15, 0.2) is 0 Å². The van der Waals surface area contributed by atoms with Crippen molar-refractivity contribution in [2.24, 2.45) is 5.41 Å². The van der Waals surface area contributed by atoms with Crippen LogP contribution in [0.3, 0.4) is 0 Å². The van der Waals surface area contributed by atoms with E-state index in [0.29, 0.717) is 13.0 Å². The topological polar surface area (TPSA) is 91.3 Å². The predicted molar refractivity (Wildman–Crippen MR) is 75.4 cm³/mol. The van der Waals surface area contributed by atoms with Crippen molar-refractivity contribution in [2.75, 3.05) is 6.54 Å². The third-order valence-electron chi connectivity index (χ3n) is 2.78. The minimum Gasteiger partial charge on any atom is -0.480 e. The normalized spacial score (nSPS) is 12.6. The van der Waals surface area contributed by atoms with Crippen molar-refractivity contribution in [3.63, 3.8) is 0 Å². The van der Waals surface area contributed by atoms with E-state index in [1.807, 2.05) is 18.2 Å². The number of hydrogen-bond donors (Lipinski definition) is 3. The van der Waals surface area contributed by atoms with Crippen molar-refractivity contribution >= 4 is 12.0 Å². The third kappa shape index (κ3) is 5.26. The lowest BCUT2D eigenvalue weighted by Crippen LogP contribution is -2.52. The highest BCUT2D eigenvalue weighted by Crippen LogP contribution is 2.19. The second-order valence-electron chi connectivity index (χ2n) is 5.61. The SMILES string of the molecule is CC(C)(C)[C@@H](NC(=O)NCCc1ccccn1)C(=O)O. The minimum atomic E-state index is -1.04. The molecule has 6 heteroatoms. The number of carboxylic acid groups (broad SMARTS) is 1. The highest BCUT2D eigenvalue weighted by Gasteiger charge is 2.32. The Morgan fingerprint density at radius 3 is 2.55 bits per heavy atom. The Labute approximate surface area is 118 Å². The molecule has 0 aliphatic carbocycles. The van der Waals surface area contributed by atoms with E-state index in [0.717, 1.165) is 5.69 Å². The molecule has 0 aromatic carbocycles. The number of hydrogen-bond acceptors (Lipinski definition) is 3. The summed E-state index contributed by atoms with van der Waals surface area (Å²) in [4.78, 5) is 27.0. The van der Waals surface area contributed by atoms with Gasteiger partial charge in [-0.2, -0.15) is 0 Å². The fourth-order valence-electron chi connectivity index (χ4n) is 1.68. The quantitative estimate of drug-likeness (QED) is 0.760. The lowest BCUT2D eigenvalue weighted by Gasteiger charge is -2.27. The first-order chi connectivity index (χ1) is 9.30. The molecule has 1 atom stereocenters. The molecule has 0 aliphatic heterocycles. The Balaban J connectivity index is 2.41. The van der Waals surface area contributed by atoms with Gasteiger partial charge < -0.3 is 15.7 Å². The van der Waals surface area contributed by atoms with Crippen molar-refractivity contribution in [2.45, 2.75) is 33.2 Å². The standard InChI is InChI=1S/C14H21N3O3/c1-14(2,3)11(12(18)19)17-13(20)16-9-7-10-6-4-5-8-15-10/h4-6,8,11H,7,9H2,1-3H3,(H,18,19)(H2,16,17,20)/t11-/m0/s1. The number of carbonyl (C=O) groups is 2. The van der Waals surface area contributed by atoms with Gasteiger partial charge in [-0.3, -0.25) is 4.98 Å². The predicted octanol–water partition coefficient (Wildman–Crippen LogP) is 1.42. The fraction of sp³-hybridized carbons (Fsp3) is 0.500. The summed E-state index contributed by atoms with van der Waals surface area (Å²) >= 11 is 0. The van der Waals surface area contributed by atoms with Crippen molar-refractivity contribution in [1.29, 1.82) is 0 Å². The number of aliphatic carboxylic acids is 1. The first-order valence-corrected chi connectivity index (χ1v) is 6.48. The summed E-state index contributed by atoms with van der Waals surface area (Å²) in [5, 5.41) is 14.2. The summed E-state index contributed by atoms with van der Waals surface area (Å²) in [6, 6.07) is 4.16. The van der Waals surface area contributed by atoms with Crippen LogP contribution in [0.5, 0.6) is 0 Å². The monoisotopic (exact) mass is 279 g/mol. The molecule has 2 amide bonds. The summed E-state index contributed by atoms with van der Waals surface area (Å²) in [5.41, 5.74) is 0.322. The average molecular weight is 279 g/mol. The average Bonchev–Trinajstić information content (AvgIpc) is 2.35. The number of urea groups is 1. The van der Waals surface area contributed by atoms with E-state index in [1.165, 1.54) is 0 Å². The van der Waals surface area contributed by atoms with Gasteiger partial charge in [0, 0.05) is 24.9 Å². The Morgan fingerprint density at radius 2 is 2.05 bits per heavy atom. The molecule has 0 spiro atoms. The first-order valence-electron chi connectivity index (χ1n) is 6.48. The minimum absolute atomic E-state index is 0.402. The first kappa shape index (κ1) is 15.9. The van der Waals surface area contributed by atoms with Crippen LogP contribution in [0.15, 0.2) is 24.4 Å². The summed E-state index contributed by atoms with van der Waals surface area (Å²) in [5.74, 6) is -1.04. The molecule has 0 saturated heterocycles. The maximum Gasteiger partial charge on any atom is 0.326 e. The molecule has 0 fully saturated rings. The van der Waals surface area contributed by atoms with Gasteiger partial charge in [0.2, 0.25) is 0 Å². The van der Waals surface area contributed by atoms with Crippen LogP contribution in [0.25, 0.3) is 0 Å². The number of pyridine rings is 1. The molecule has 1 aromatic heterocycles. The molecular weight excluding hydrogens is 258 g/mol. The summed E-state index contributed by atoms with van der Waals surface area (Å²) in [7, 11) is 0. The van der Waals surface area contributed by atoms with Crippen molar-refractivity contribution in [1.82, 2.24) is 15.6 Å². The van der Waals surface area contributed by atoms with E-state index in [1.54, 1.807) is 27.0 Å². The van der Waals surface area contributed by atoms with E-state index < -0.39 is 23.5 Å². The van der Waals surface area contributed by atoms with Crippen LogP contribution >= 0.6 is 0 Å². The molecule has 1 rings (SSSR count). The van der Waals surface area contributed by atoms with Crippen LogP contribution in [0.4, 0.5) is 4.79 Å². The second kappa shape index (κ2) is 6.88. The maximum absolute atomic E-state index is 11.7. The van der Waals surface area contributed by atoms with Crippen LogP contribution in [0, 0.1) is 5.41 Å². The molecule has 0 radical (unpaired) electrons. The maximum atomic E-state index is 11.7. The molecule has 1 heterocycles. The van der Waals surface area contributed by atoms with Gasteiger partial charge in [0.25, 0.3) is 0 Å². The van der Waals surface area contributed by atoms with E-state index >= 15 is 0 Å². The smallest absolute Gasteiger partial charge is 0.326 e. The van der Waals surface area contributed by atoms with Gasteiger partial charge in [0.1, 0.15) is 6.04 Å². The number of amides is 2. The number of carbonyl (C=O) groups excluding carboxylic acids is 1. The van der Waals surface area contributed by atoms with Gasteiger partial charge in [-0.05, 0) is 17.5 Å². The summed E-state index contributed by atoms with van der Waals surface area (Å²) < 4.78 is 0. The Hall–Kier alpha value is -2.11. The molecule has 0 saturated carbocycles. The van der Waals surface area contributed by atoms with E-state index in [-0.39, 0.29) is 0 Å². The highest BCUT2D eigenvalue weighted by molar-refractivity contribution is 5.83. The number of nitrogens with zero attached hydrogens (tertiary/aromatic N) is 1. The van der Waals surface area contributed by atoms with Gasteiger partial charge in [-0.15, -0.1) is 0 Å². The van der Waals surface area contributed by atoms with Crippen molar-refractivity contribution < 1.29 is 14.7 Å². The van der Waals surface area contributed by atoms with Crippen LogP contribution in [0.2, 0.25) is 0 Å². The van der Waals surface area contributed by atoms with Crippen molar-refractivity contribution in [3.8, 4) is 0 Å². The molecule has 1 aromatic rings. The molecule has 0 aliphatic rings. The summed E-state index contributed by atoms with van der Waals surface area (Å²) in [6.45, 7) is 5.69. The molecular formula is C14H21N3O3. The lowest BCUT2D eigenvalue weighted by molar-refractivity contribution is -0.141. The molecule has 3 N–H and O–H groups in total. The zero-order valence-corrected chi connectivity index (χ0v) is 12.0. The molecule has 0 bridgehead atoms. The highest BCUT2D eigenvalue weighted by atomic mass is 16.4. The molecule has 0 unspecified atom stereocenters. The lowest BCUT2D eigenvalue weighted by atomic mass is 9.87. The van der Waals surface area contributed by atoms with Gasteiger partial charge in [0.05, 0.1) is 0 Å². The van der Waals surface area contributed by atoms with Gasteiger partial charge in [-0.1, -0.05) is 26.8 Å². The van der Waals surface area contributed by atoms with Gasteiger partial charge in [-0.25, -0.2) is 9.59 Å². The Bertz CT molecular complexity index is 454. The van der Waals surface area contributed by atoms with Gasteiger partial charge >= 0.3 is 12.0 Å². The van der Waals surface area contributed by atoms with E-state index in [9.17, 15) is 9.59 Å². The van der Waals surface area contributed by atoms with Crippen LogP contribution < -0.4 is 10.6 Å². The van der Waals surface area contributed by atoms with Crippen LogP contribution in [0.1, 0.15) is 26.5 Å². The largest absolute Gasteiger partial charge is 0.480 e. The van der Waals surface area contributed by atoms with E-state index in [4.69, 9.17) is 5.11 Å². The number of carboxylic acids is 1. The third-order valence-corrected chi connectivity index (χ3v) is 2.78. The zero-order valence-electron chi connectivity index (χ0n) is 12.0. The summed E-state index contributed by atoms with van der Waals surface area (Å²) in [6.07, 6.45) is 2.29. The van der Waals surface area contributed by atoms with Crippen molar-refractivity contribution in [3.05, 3.63) is 30.1 Å². The Kier molecular flexibility index (Phi) is 5.49. The zero-order chi connectivity index (χ0) is 15.2. The van der Waals surface area contributed by atoms with Crippen LogP contribution in [-0.2, 0) is 11.2 Å². The molecule has 6 nitrogen and oxygen atoms in total. The second-order valence-corrected chi connectivity index (χ2v) is 5.61. The molecule has 110 valence electrons.